The van der Waals surface area contributed by atoms with Crippen LogP contribution in [0.15, 0.2) is 18.3 Å². The normalized spacial score (nSPS) is 9.54. The van der Waals surface area contributed by atoms with Gasteiger partial charge in [0.2, 0.25) is 0 Å². The van der Waals surface area contributed by atoms with Crippen LogP contribution in [0.25, 0.3) is 5.65 Å². The first-order chi connectivity index (χ1) is 6.29. The summed E-state index contributed by atoms with van der Waals surface area (Å²) in [5.41, 5.74) is 1.60. The quantitative estimate of drug-likeness (QED) is 0.650. The van der Waals surface area contributed by atoms with Gasteiger partial charge in [0.1, 0.15) is 0 Å². The monoisotopic (exact) mass is 197 g/mol. The van der Waals surface area contributed by atoms with Gasteiger partial charge in [-0.25, -0.2) is 9.50 Å². The molecular formula is C9H12ClN3. The molecule has 2 aromatic rings. The van der Waals surface area contributed by atoms with Crippen molar-refractivity contribution in [1.82, 2.24) is 14.6 Å². The van der Waals surface area contributed by atoms with Crippen LogP contribution >= 0.6 is 11.6 Å². The number of rotatable bonds is 0. The van der Waals surface area contributed by atoms with Gasteiger partial charge in [0.25, 0.3) is 0 Å². The molecule has 0 spiro atoms. The van der Waals surface area contributed by atoms with E-state index in [-0.39, 0.29) is 0 Å². The Morgan fingerprint density at radius 3 is 2.69 bits per heavy atom. The fourth-order valence-electron chi connectivity index (χ4n) is 0.971. The van der Waals surface area contributed by atoms with Crippen molar-refractivity contribution in [3.63, 3.8) is 0 Å². The molecule has 70 valence electrons. The lowest BCUT2D eigenvalue weighted by Crippen LogP contribution is -1.88. The predicted octanol–water partition coefficient (Wildman–Crippen LogP) is 2.72. The number of hydrogen-bond acceptors (Lipinski definition) is 2. The molecule has 0 aliphatic rings. The summed E-state index contributed by atoms with van der Waals surface area (Å²) in [6, 6.07) is 3.70. The molecule has 4 heteroatoms. The Morgan fingerprint density at radius 1 is 1.38 bits per heavy atom. The van der Waals surface area contributed by atoms with Gasteiger partial charge < -0.3 is 0 Å². The Bertz CT molecular complexity index is 395. The number of fused-ring (bicyclic) bond motifs is 1. The van der Waals surface area contributed by atoms with Gasteiger partial charge in [-0.3, -0.25) is 0 Å². The Labute approximate surface area is 82.4 Å². The molecule has 0 saturated heterocycles. The standard InChI is InChI=1S/C7H6ClN3.C2H6/c1-5-7(8)11-6(10-5)3-2-4-9-11;1-2/h2-4H,1H3;1-2H3. The minimum atomic E-state index is 0.584. The minimum absolute atomic E-state index is 0.584. The number of aryl methyl sites for hydroxylation is 1. The number of nitrogens with zero attached hydrogens (tertiary/aromatic N) is 3. The topological polar surface area (TPSA) is 30.2 Å². The average molecular weight is 198 g/mol. The second-order valence-corrected chi connectivity index (χ2v) is 2.64. The lowest BCUT2D eigenvalue weighted by atomic mass is 10.6. The van der Waals surface area contributed by atoms with Gasteiger partial charge in [-0.15, -0.1) is 0 Å². The van der Waals surface area contributed by atoms with Gasteiger partial charge in [0.05, 0.1) is 5.69 Å². The van der Waals surface area contributed by atoms with Gasteiger partial charge in [-0.1, -0.05) is 25.4 Å². The van der Waals surface area contributed by atoms with E-state index in [9.17, 15) is 0 Å². The highest BCUT2D eigenvalue weighted by Gasteiger charge is 2.04. The minimum Gasteiger partial charge on any atom is -0.231 e. The van der Waals surface area contributed by atoms with Crippen molar-refractivity contribution >= 4 is 17.2 Å². The molecule has 0 unspecified atom stereocenters. The average Bonchev–Trinajstić information content (AvgIpc) is 2.47. The van der Waals surface area contributed by atoms with Crippen LogP contribution in [0.5, 0.6) is 0 Å². The smallest absolute Gasteiger partial charge is 0.155 e. The Balaban J connectivity index is 0.000000396. The molecule has 2 heterocycles. The van der Waals surface area contributed by atoms with E-state index in [2.05, 4.69) is 10.1 Å². The molecule has 0 aromatic carbocycles. The van der Waals surface area contributed by atoms with E-state index in [1.807, 2.05) is 32.9 Å². The summed E-state index contributed by atoms with van der Waals surface area (Å²) in [6.07, 6.45) is 1.68. The largest absolute Gasteiger partial charge is 0.231 e. The molecule has 0 aliphatic heterocycles. The highest BCUT2D eigenvalue weighted by molar-refractivity contribution is 6.30. The number of halogens is 1. The molecule has 0 aliphatic carbocycles. The molecule has 0 bridgehead atoms. The first kappa shape index (κ1) is 9.99. The zero-order valence-electron chi connectivity index (χ0n) is 7.95. The second kappa shape index (κ2) is 4.23. The molecule has 2 aromatic heterocycles. The summed E-state index contributed by atoms with van der Waals surface area (Å²) in [4.78, 5) is 4.18. The number of hydrogen-bond donors (Lipinski definition) is 0. The summed E-state index contributed by atoms with van der Waals surface area (Å²) in [6.45, 7) is 5.86. The van der Waals surface area contributed by atoms with Gasteiger partial charge in [0.15, 0.2) is 10.8 Å². The zero-order chi connectivity index (χ0) is 9.84. The molecular weight excluding hydrogens is 186 g/mol. The maximum atomic E-state index is 5.88. The van der Waals surface area contributed by atoms with E-state index in [1.165, 1.54) is 0 Å². The van der Waals surface area contributed by atoms with E-state index in [0.717, 1.165) is 11.3 Å². The Kier molecular flexibility index (Phi) is 3.25. The fraction of sp³-hybridized carbons (Fsp3) is 0.333. The highest BCUT2D eigenvalue weighted by atomic mass is 35.5. The lowest BCUT2D eigenvalue weighted by molar-refractivity contribution is 0.935. The van der Waals surface area contributed by atoms with Crippen molar-refractivity contribution in [2.24, 2.45) is 0 Å². The van der Waals surface area contributed by atoms with E-state index in [0.29, 0.717) is 5.15 Å². The van der Waals surface area contributed by atoms with Crippen molar-refractivity contribution in [3.05, 3.63) is 29.2 Å². The zero-order valence-corrected chi connectivity index (χ0v) is 8.71. The van der Waals surface area contributed by atoms with Gasteiger partial charge in [-0.2, -0.15) is 5.10 Å². The summed E-state index contributed by atoms with van der Waals surface area (Å²) in [7, 11) is 0. The summed E-state index contributed by atoms with van der Waals surface area (Å²) in [5.74, 6) is 0. The molecule has 0 fully saturated rings. The van der Waals surface area contributed by atoms with Crippen LogP contribution in [0.4, 0.5) is 0 Å². The van der Waals surface area contributed by atoms with Gasteiger partial charge in [0, 0.05) is 6.20 Å². The Hall–Kier alpha value is -1.09. The van der Waals surface area contributed by atoms with Crippen molar-refractivity contribution < 1.29 is 0 Å². The second-order valence-electron chi connectivity index (χ2n) is 2.28. The fourth-order valence-corrected chi connectivity index (χ4v) is 1.14. The maximum absolute atomic E-state index is 5.88. The van der Waals surface area contributed by atoms with Crippen molar-refractivity contribution in [2.45, 2.75) is 20.8 Å². The third-order valence-electron chi connectivity index (χ3n) is 1.50. The molecule has 0 saturated carbocycles. The summed E-state index contributed by atoms with van der Waals surface area (Å²) >= 11 is 5.88. The molecule has 3 nitrogen and oxygen atoms in total. The lowest BCUT2D eigenvalue weighted by Gasteiger charge is -1.89. The summed E-state index contributed by atoms with van der Waals surface area (Å²) < 4.78 is 1.61. The van der Waals surface area contributed by atoms with Crippen LogP contribution in [0.1, 0.15) is 19.5 Å². The molecule has 0 N–H and O–H groups in total. The van der Waals surface area contributed by atoms with Crippen LogP contribution in [-0.4, -0.2) is 14.6 Å². The Morgan fingerprint density at radius 2 is 2.08 bits per heavy atom. The van der Waals surface area contributed by atoms with E-state index >= 15 is 0 Å². The molecule has 0 radical (unpaired) electrons. The molecule has 0 amide bonds. The van der Waals surface area contributed by atoms with Crippen molar-refractivity contribution in [3.8, 4) is 0 Å². The van der Waals surface area contributed by atoms with Crippen LogP contribution in [0.3, 0.4) is 0 Å². The van der Waals surface area contributed by atoms with E-state index < -0.39 is 0 Å². The molecule has 2 rings (SSSR count). The third kappa shape index (κ3) is 1.80. The highest BCUT2D eigenvalue weighted by Crippen LogP contribution is 2.14. The SMILES string of the molecule is CC.Cc1nc2cccnn2c1Cl. The van der Waals surface area contributed by atoms with Crippen LogP contribution in [0, 0.1) is 6.92 Å². The van der Waals surface area contributed by atoms with Crippen LogP contribution in [-0.2, 0) is 0 Å². The van der Waals surface area contributed by atoms with E-state index in [4.69, 9.17) is 11.6 Å². The predicted molar refractivity (Wildman–Crippen MR) is 54.1 cm³/mol. The van der Waals surface area contributed by atoms with E-state index in [1.54, 1.807) is 10.7 Å². The number of imidazole rings is 1. The number of aromatic nitrogens is 3. The van der Waals surface area contributed by atoms with Gasteiger partial charge >= 0.3 is 0 Å². The first-order valence-corrected chi connectivity index (χ1v) is 4.62. The van der Waals surface area contributed by atoms with Gasteiger partial charge in [-0.05, 0) is 19.1 Å². The molecule has 0 atom stereocenters. The first-order valence-electron chi connectivity index (χ1n) is 4.25. The van der Waals surface area contributed by atoms with Crippen LogP contribution < -0.4 is 0 Å². The third-order valence-corrected chi connectivity index (χ3v) is 1.93. The molecule has 13 heavy (non-hydrogen) atoms. The summed E-state index contributed by atoms with van der Waals surface area (Å²) in [5, 5.41) is 4.61. The van der Waals surface area contributed by atoms with Crippen molar-refractivity contribution in [2.75, 3.05) is 0 Å². The maximum Gasteiger partial charge on any atom is 0.155 e. The van der Waals surface area contributed by atoms with Crippen molar-refractivity contribution in [1.29, 1.82) is 0 Å². The van der Waals surface area contributed by atoms with Crippen LogP contribution in [0.2, 0.25) is 5.15 Å².